The molecule has 0 aromatic heterocycles. The number of aryl methyl sites for hydroxylation is 1. The molecule has 1 N–H and O–H groups in total. The van der Waals surface area contributed by atoms with Gasteiger partial charge in [0, 0.05) is 29.6 Å². The summed E-state index contributed by atoms with van der Waals surface area (Å²) in [6.45, 7) is 8.86. The Morgan fingerprint density at radius 1 is 1.35 bits per heavy atom. The van der Waals surface area contributed by atoms with Gasteiger partial charge in [0.1, 0.15) is 0 Å². The van der Waals surface area contributed by atoms with Crippen LogP contribution in [0.1, 0.15) is 25.8 Å². The molecular weight excluding hydrogens is 276 g/mol. The molecule has 2 atom stereocenters. The molecule has 2 rings (SSSR count). The van der Waals surface area contributed by atoms with Crippen molar-refractivity contribution in [2.75, 3.05) is 18.0 Å². The van der Waals surface area contributed by atoms with Crippen LogP contribution in [-0.4, -0.2) is 25.2 Å². The molecule has 0 bridgehead atoms. The maximum absolute atomic E-state index is 3.69. The predicted molar refractivity (Wildman–Crippen MR) is 77.8 cm³/mol. The van der Waals surface area contributed by atoms with Gasteiger partial charge in [0.15, 0.2) is 0 Å². The summed E-state index contributed by atoms with van der Waals surface area (Å²) < 4.78 is 1.21. The van der Waals surface area contributed by atoms with E-state index in [0.29, 0.717) is 12.1 Å². The summed E-state index contributed by atoms with van der Waals surface area (Å²) in [6, 6.07) is 7.77. The zero-order valence-electron chi connectivity index (χ0n) is 10.8. The number of halogens is 1. The van der Waals surface area contributed by atoms with Crippen LogP contribution in [-0.2, 0) is 0 Å². The topological polar surface area (TPSA) is 15.3 Å². The number of nitrogens with zero attached hydrogens (tertiary/aromatic N) is 1. The lowest BCUT2D eigenvalue weighted by Crippen LogP contribution is -2.38. The van der Waals surface area contributed by atoms with Gasteiger partial charge in [0.25, 0.3) is 0 Å². The first kappa shape index (κ1) is 12.9. The third kappa shape index (κ3) is 3.02. The third-order valence-corrected chi connectivity index (χ3v) is 4.14. The Bertz CT molecular complexity index is 392. The third-order valence-electron chi connectivity index (χ3n) is 3.51. The zero-order chi connectivity index (χ0) is 12.4. The van der Waals surface area contributed by atoms with Crippen LogP contribution < -0.4 is 10.2 Å². The maximum atomic E-state index is 3.69. The van der Waals surface area contributed by atoms with Crippen LogP contribution in [0, 0.1) is 6.92 Å². The van der Waals surface area contributed by atoms with E-state index in [1.165, 1.54) is 22.1 Å². The Morgan fingerprint density at radius 3 is 2.82 bits per heavy atom. The molecule has 1 aromatic carbocycles. The summed E-state index contributed by atoms with van der Waals surface area (Å²) in [6.07, 6.45) is 1.20. The highest BCUT2D eigenvalue weighted by molar-refractivity contribution is 9.10. The van der Waals surface area contributed by atoms with Crippen LogP contribution >= 0.6 is 15.9 Å². The van der Waals surface area contributed by atoms with Crippen LogP contribution in [0.15, 0.2) is 22.7 Å². The van der Waals surface area contributed by atoms with Gasteiger partial charge in [-0.2, -0.15) is 0 Å². The van der Waals surface area contributed by atoms with Crippen molar-refractivity contribution in [1.29, 1.82) is 0 Å². The van der Waals surface area contributed by atoms with Gasteiger partial charge in [-0.15, -0.1) is 0 Å². The van der Waals surface area contributed by atoms with Crippen molar-refractivity contribution >= 4 is 21.6 Å². The standard InChI is InChI=1S/C14H21BrN2/c1-10-4-5-14(13(15)8-10)17-7-6-11(2)16-9-12(17)3/h4-5,8,11-12,16H,6-7,9H2,1-3H3. The summed E-state index contributed by atoms with van der Waals surface area (Å²) in [4.78, 5) is 2.50. The van der Waals surface area contributed by atoms with Gasteiger partial charge in [-0.1, -0.05) is 6.07 Å². The predicted octanol–water partition coefficient (Wildman–Crippen LogP) is 3.33. The van der Waals surface area contributed by atoms with Gasteiger partial charge >= 0.3 is 0 Å². The Hall–Kier alpha value is -0.540. The number of benzene rings is 1. The number of hydrogen-bond acceptors (Lipinski definition) is 2. The lowest BCUT2D eigenvalue weighted by molar-refractivity contribution is 0.548. The maximum Gasteiger partial charge on any atom is 0.0513 e. The van der Waals surface area contributed by atoms with Gasteiger partial charge < -0.3 is 10.2 Å². The molecule has 2 nitrogen and oxygen atoms in total. The second kappa shape index (κ2) is 5.40. The molecule has 1 aliphatic rings. The molecule has 1 aliphatic heterocycles. The molecule has 1 heterocycles. The molecule has 17 heavy (non-hydrogen) atoms. The first-order chi connectivity index (χ1) is 8.08. The first-order valence-corrected chi connectivity index (χ1v) is 7.13. The minimum Gasteiger partial charge on any atom is -0.367 e. The molecule has 94 valence electrons. The van der Waals surface area contributed by atoms with Gasteiger partial charge in [-0.05, 0) is 60.8 Å². The van der Waals surface area contributed by atoms with E-state index in [1.54, 1.807) is 0 Å². The van der Waals surface area contributed by atoms with E-state index in [9.17, 15) is 0 Å². The Balaban J connectivity index is 2.25. The van der Waals surface area contributed by atoms with Crippen molar-refractivity contribution in [3.8, 4) is 0 Å². The second-order valence-electron chi connectivity index (χ2n) is 5.10. The van der Waals surface area contributed by atoms with E-state index in [1.807, 2.05) is 0 Å². The summed E-state index contributed by atoms with van der Waals surface area (Å²) in [5, 5.41) is 3.57. The molecule has 2 unspecified atom stereocenters. The lowest BCUT2D eigenvalue weighted by atomic mass is 10.1. The van der Waals surface area contributed by atoms with Crippen LogP contribution in [0.2, 0.25) is 0 Å². The van der Waals surface area contributed by atoms with Crippen molar-refractivity contribution < 1.29 is 0 Å². The summed E-state index contributed by atoms with van der Waals surface area (Å²) >= 11 is 3.69. The molecule has 1 fully saturated rings. The highest BCUT2D eigenvalue weighted by atomic mass is 79.9. The second-order valence-corrected chi connectivity index (χ2v) is 5.95. The van der Waals surface area contributed by atoms with Crippen LogP contribution in [0.5, 0.6) is 0 Å². The summed E-state index contributed by atoms with van der Waals surface area (Å²) in [7, 11) is 0. The van der Waals surface area contributed by atoms with Crippen LogP contribution in [0.3, 0.4) is 0 Å². The van der Waals surface area contributed by atoms with E-state index < -0.39 is 0 Å². The molecule has 0 radical (unpaired) electrons. The van der Waals surface area contributed by atoms with E-state index in [2.05, 4.69) is 65.1 Å². The van der Waals surface area contributed by atoms with E-state index in [-0.39, 0.29) is 0 Å². The summed E-state index contributed by atoms with van der Waals surface area (Å²) in [5.74, 6) is 0. The monoisotopic (exact) mass is 296 g/mol. The minimum atomic E-state index is 0.541. The van der Waals surface area contributed by atoms with Crippen molar-refractivity contribution in [2.24, 2.45) is 0 Å². The minimum absolute atomic E-state index is 0.541. The molecular formula is C14H21BrN2. The van der Waals surface area contributed by atoms with Crippen molar-refractivity contribution in [3.05, 3.63) is 28.2 Å². The first-order valence-electron chi connectivity index (χ1n) is 6.34. The quantitative estimate of drug-likeness (QED) is 0.855. The van der Waals surface area contributed by atoms with Crippen LogP contribution in [0.4, 0.5) is 5.69 Å². The molecule has 1 saturated heterocycles. The number of rotatable bonds is 1. The average Bonchev–Trinajstić information content (AvgIpc) is 2.43. The molecule has 1 aromatic rings. The highest BCUT2D eigenvalue weighted by Gasteiger charge is 2.21. The van der Waals surface area contributed by atoms with Crippen molar-refractivity contribution in [2.45, 2.75) is 39.3 Å². The van der Waals surface area contributed by atoms with E-state index >= 15 is 0 Å². The zero-order valence-corrected chi connectivity index (χ0v) is 12.4. The Labute approximate surface area is 113 Å². The Morgan fingerprint density at radius 2 is 2.12 bits per heavy atom. The Kier molecular flexibility index (Phi) is 4.10. The SMILES string of the molecule is Cc1ccc(N2CCC(C)NCC2C)c(Br)c1. The number of nitrogens with one attached hydrogen (secondary N) is 1. The van der Waals surface area contributed by atoms with Gasteiger partial charge in [-0.25, -0.2) is 0 Å². The van der Waals surface area contributed by atoms with Crippen molar-refractivity contribution in [1.82, 2.24) is 5.32 Å². The molecule has 0 spiro atoms. The highest BCUT2D eigenvalue weighted by Crippen LogP contribution is 2.29. The smallest absolute Gasteiger partial charge is 0.0513 e. The average molecular weight is 297 g/mol. The fourth-order valence-corrected chi connectivity index (χ4v) is 3.06. The molecule has 3 heteroatoms. The number of hydrogen-bond donors (Lipinski definition) is 1. The van der Waals surface area contributed by atoms with E-state index in [4.69, 9.17) is 0 Å². The van der Waals surface area contributed by atoms with Gasteiger partial charge in [0.2, 0.25) is 0 Å². The normalized spacial score (nSPS) is 25.8. The van der Waals surface area contributed by atoms with Crippen LogP contribution in [0.25, 0.3) is 0 Å². The number of anilines is 1. The largest absolute Gasteiger partial charge is 0.367 e. The molecule has 0 saturated carbocycles. The molecule has 0 aliphatic carbocycles. The van der Waals surface area contributed by atoms with E-state index in [0.717, 1.165) is 13.1 Å². The lowest BCUT2D eigenvalue weighted by Gasteiger charge is -2.30. The fraction of sp³-hybridized carbons (Fsp3) is 0.571. The fourth-order valence-electron chi connectivity index (χ4n) is 2.34. The van der Waals surface area contributed by atoms with Gasteiger partial charge in [0.05, 0.1) is 5.69 Å². The summed E-state index contributed by atoms with van der Waals surface area (Å²) in [5.41, 5.74) is 2.62. The molecule has 0 amide bonds. The van der Waals surface area contributed by atoms with Crippen molar-refractivity contribution in [3.63, 3.8) is 0 Å². The van der Waals surface area contributed by atoms with Gasteiger partial charge in [-0.3, -0.25) is 0 Å².